The number of carbonyl (C=O) groups is 2. The molecule has 2 aromatic carbocycles. The number of anilines is 1. The van der Waals surface area contributed by atoms with Crippen molar-refractivity contribution >= 4 is 23.6 Å². The topological polar surface area (TPSA) is 52.7 Å². The van der Waals surface area contributed by atoms with E-state index in [4.69, 9.17) is 0 Å². The number of benzene rings is 2. The number of aryl methyl sites for hydroxylation is 1. The number of carbonyl (C=O) groups excluding carboxylic acids is 2. The first-order chi connectivity index (χ1) is 15.0. The number of piperidine rings is 1. The van der Waals surface area contributed by atoms with E-state index in [-0.39, 0.29) is 17.7 Å². The van der Waals surface area contributed by atoms with Crippen molar-refractivity contribution < 1.29 is 9.59 Å². The molecule has 3 rings (SSSR count). The number of hydrogen-bond donors (Lipinski definition) is 1. The van der Waals surface area contributed by atoms with Gasteiger partial charge in [0.15, 0.2) is 0 Å². The minimum absolute atomic E-state index is 0.00141. The predicted molar refractivity (Wildman–Crippen MR) is 127 cm³/mol. The highest BCUT2D eigenvalue weighted by Crippen LogP contribution is 2.18. The molecule has 1 aliphatic rings. The molecule has 0 atom stereocenters. The van der Waals surface area contributed by atoms with Crippen molar-refractivity contribution in [2.45, 2.75) is 25.7 Å². The van der Waals surface area contributed by atoms with Gasteiger partial charge in [0.2, 0.25) is 11.8 Å². The van der Waals surface area contributed by atoms with E-state index in [9.17, 15) is 9.59 Å². The minimum Gasteiger partial charge on any atom is -0.378 e. The lowest BCUT2D eigenvalue weighted by atomic mass is 9.95. The van der Waals surface area contributed by atoms with Crippen LogP contribution in [0.1, 0.15) is 30.4 Å². The lowest BCUT2D eigenvalue weighted by Gasteiger charge is -2.30. The van der Waals surface area contributed by atoms with Crippen LogP contribution in [-0.4, -0.2) is 50.4 Å². The summed E-state index contributed by atoms with van der Waals surface area (Å²) in [5.74, 6) is 0.138. The maximum atomic E-state index is 12.5. The molecule has 0 unspecified atom stereocenters. The molecule has 0 aromatic heterocycles. The van der Waals surface area contributed by atoms with E-state index < -0.39 is 0 Å². The fraction of sp³-hybridized carbons (Fsp3) is 0.385. The van der Waals surface area contributed by atoms with Crippen molar-refractivity contribution in [2.24, 2.45) is 5.92 Å². The number of nitrogens with zero attached hydrogens (tertiary/aromatic N) is 2. The van der Waals surface area contributed by atoms with E-state index in [1.807, 2.05) is 55.4 Å². The standard InChI is InChI=1S/C26H33N3O2/c1-28(2)24-13-10-22(11-14-24)9-6-18-27-26(31)23-16-19-29(20-17-23)25(30)15-12-21-7-4-3-5-8-21/h3-5,7-8,10-15,23H,6,9,16-20H2,1-2H3,(H,27,31)/b15-12+. The Balaban J connectivity index is 1.34. The fourth-order valence-electron chi connectivity index (χ4n) is 3.81. The quantitative estimate of drug-likeness (QED) is 0.524. The van der Waals surface area contributed by atoms with Gasteiger partial charge in [0.25, 0.3) is 0 Å². The molecule has 1 saturated heterocycles. The van der Waals surface area contributed by atoms with Crippen LogP contribution in [-0.2, 0) is 16.0 Å². The third kappa shape index (κ3) is 6.99. The molecule has 31 heavy (non-hydrogen) atoms. The van der Waals surface area contributed by atoms with Crippen LogP contribution in [0.5, 0.6) is 0 Å². The van der Waals surface area contributed by atoms with Crippen LogP contribution in [0.2, 0.25) is 0 Å². The second-order valence-corrected chi connectivity index (χ2v) is 8.30. The Morgan fingerprint density at radius 3 is 2.35 bits per heavy atom. The molecule has 2 amide bonds. The van der Waals surface area contributed by atoms with Crippen LogP contribution in [0, 0.1) is 5.92 Å². The summed E-state index contributed by atoms with van der Waals surface area (Å²) < 4.78 is 0. The Morgan fingerprint density at radius 1 is 1.03 bits per heavy atom. The van der Waals surface area contributed by atoms with Crippen LogP contribution in [0.4, 0.5) is 5.69 Å². The zero-order valence-corrected chi connectivity index (χ0v) is 18.6. The Kier molecular flexibility index (Phi) is 8.27. The van der Waals surface area contributed by atoms with Gasteiger partial charge in [-0.25, -0.2) is 0 Å². The Morgan fingerprint density at radius 2 is 1.71 bits per heavy atom. The van der Waals surface area contributed by atoms with Gasteiger partial charge >= 0.3 is 0 Å². The first-order valence-electron chi connectivity index (χ1n) is 11.1. The molecule has 0 spiro atoms. The smallest absolute Gasteiger partial charge is 0.246 e. The second-order valence-electron chi connectivity index (χ2n) is 8.30. The number of rotatable bonds is 8. The van der Waals surface area contributed by atoms with E-state index in [1.54, 1.807) is 6.08 Å². The van der Waals surface area contributed by atoms with Gasteiger partial charge in [-0.15, -0.1) is 0 Å². The zero-order valence-electron chi connectivity index (χ0n) is 18.6. The summed E-state index contributed by atoms with van der Waals surface area (Å²) in [6.45, 7) is 1.95. The van der Waals surface area contributed by atoms with Crippen LogP contribution >= 0.6 is 0 Å². The Bertz CT molecular complexity index is 867. The summed E-state index contributed by atoms with van der Waals surface area (Å²) in [5, 5.41) is 3.08. The molecule has 1 aliphatic heterocycles. The lowest BCUT2D eigenvalue weighted by molar-refractivity contribution is -0.132. The van der Waals surface area contributed by atoms with Crippen molar-refractivity contribution in [3.05, 3.63) is 71.8 Å². The summed E-state index contributed by atoms with van der Waals surface area (Å²) in [5.41, 5.74) is 3.49. The number of hydrogen-bond acceptors (Lipinski definition) is 3. The molecule has 164 valence electrons. The number of amides is 2. The normalized spacial score (nSPS) is 14.6. The summed E-state index contributed by atoms with van der Waals surface area (Å²) in [6, 6.07) is 18.3. The van der Waals surface area contributed by atoms with Crippen molar-refractivity contribution in [2.75, 3.05) is 38.6 Å². The van der Waals surface area contributed by atoms with Gasteiger partial charge in [-0.3, -0.25) is 9.59 Å². The summed E-state index contributed by atoms with van der Waals surface area (Å²) >= 11 is 0. The molecule has 1 N–H and O–H groups in total. The first kappa shape index (κ1) is 22.6. The molecule has 0 bridgehead atoms. The van der Waals surface area contributed by atoms with Crippen LogP contribution < -0.4 is 10.2 Å². The van der Waals surface area contributed by atoms with Crippen molar-refractivity contribution in [1.29, 1.82) is 0 Å². The molecule has 0 aliphatic carbocycles. The maximum Gasteiger partial charge on any atom is 0.246 e. The van der Waals surface area contributed by atoms with Crippen molar-refractivity contribution in [1.82, 2.24) is 10.2 Å². The maximum absolute atomic E-state index is 12.5. The highest BCUT2D eigenvalue weighted by molar-refractivity contribution is 5.92. The van der Waals surface area contributed by atoms with E-state index >= 15 is 0 Å². The highest BCUT2D eigenvalue weighted by Gasteiger charge is 2.26. The Labute approximate surface area is 185 Å². The Hall–Kier alpha value is -3.08. The van der Waals surface area contributed by atoms with E-state index in [0.717, 1.165) is 31.2 Å². The number of likely N-dealkylation sites (tertiary alicyclic amines) is 1. The summed E-state index contributed by atoms with van der Waals surface area (Å²) in [6.07, 6.45) is 6.80. The van der Waals surface area contributed by atoms with Crippen LogP contribution in [0.15, 0.2) is 60.7 Å². The van der Waals surface area contributed by atoms with Gasteiger partial charge in [-0.05, 0) is 55.0 Å². The van der Waals surface area contributed by atoms with E-state index in [1.165, 1.54) is 11.3 Å². The van der Waals surface area contributed by atoms with Crippen LogP contribution in [0.3, 0.4) is 0 Å². The van der Waals surface area contributed by atoms with Crippen molar-refractivity contribution in [3.8, 4) is 0 Å². The molecule has 5 heteroatoms. The summed E-state index contributed by atoms with van der Waals surface area (Å²) in [7, 11) is 4.07. The van der Waals surface area contributed by atoms with Gasteiger partial charge in [-0.2, -0.15) is 0 Å². The SMILES string of the molecule is CN(C)c1ccc(CCCNC(=O)C2CCN(C(=O)/C=C/c3ccccc3)CC2)cc1. The molecular weight excluding hydrogens is 386 g/mol. The van der Waals surface area contributed by atoms with Gasteiger partial charge in [0.1, 0.15) is 0 Å². The molecule has 1 fully saturated rings. The van der Waals surface area contributed by atoms with Gasteiger partial charge in [0.05, 0.1) is 0 Å². The third-order valence-electron chi connectivity index (χ3n) is 5.79. The average Bonchev–Trinajstić information content (AvgIpc) is 2.81. The monoisotopic (exact) mass is 419 g/mol. The largest absolute Gasteiger partial charge is 0.378 e. The highest BCUT2D eigenvalue weighted by atomic mass is 16.2. The van der Waals surface area contributed by atoms with Gasteiger partial charge < -0.3 is 15.1 Å². The average molecular weight is 420 g/mol. The zero-order chi connectivity index (χ0) is 22.1. The van der Waals surface area contributed by atoms with Gasteiger partial charge in [-0.1, -0.05) is 42.5 Å². The minimum atomic E-state index is 0.00141. The van der Waals surface area contributed by atoms with Crippen molar-refractivity contribution in [3.63, 3.8) is 0 Å². The molecule has 0 saturated carbocycles. The molecule has 2 aromatic rings. The summed E-state index contributed by atoms with van der Waals surface area (Å²) in [4.78, 5) is 28.8. The first-order valence-corrected chi connectivity index (χ1v) is 11.1. The van der Waals surface area contributed by atoms with Gasteiger partial charge in [0, 0.05) is 51.4 Å². The van der Waals surface area contributed by atoms with E-state index in [0.29, 0.717) is 19.6 Å². The van der Waals surface area contributed by atoms with Crippen LogP contribution in [0.25, 0.3) is 6.08 Å². The second kappa shape index (κ2) is 11.3. The third-order valence-corrected chi connectivity index (χ3v) is 5.79. The number of nitrogens with one attached hydrogen (secondary N) is 1. The molecule has 5 nitrogen and oxygen atoms in total. The molecular formula is C26H33N3O2. The molecule has 1 heterocycles. The predicted octanol–water partition coefficient (Wildman–Crippen LogP) is 3.75. The van der Waals surface area contributed by atoms with E-state index in [2.05, 4.69) is 34.5 Å². The fourth-order valence-corrected chi connectivity index (χ4v) is 3.81. The lowest BCUT2D eigenvalue weighted by Crippen LogP contribution is -2.42. The molecule has 0 radical (unpaired) electrons.